The number of imidazole rings is 1. The molecule has 0 unspecified atom stereocenters. The smallest absolute Gasteiger partial charge is 0.339 e. The van der Waals surface area contributed by atoms with Gasteiger partial charge in [0.15, 0.2) is 11.3 Å². The quantitative estimate of drug-likeness (QED) is 0.655. The summed E-state index contributed by atoms with van der Waals surface area (Å²) < 4.78 is 41.0. The molecule has 0 aromatic carbocycles. The van der Waals surface area contributed by atoms with Gasteiger partial charge in [-0.3, -0.25) is 4.79 Å². The fraction of sp³-hybridized carbons (Fsp3) is 0.333. The van der Waals surface area contributed by atoms with Crippen molar-refractivity contribution in [3.05, 3.63) is 46.4 Å². The number of thiophene rings is 1. The first-order valence-electron chi connectivity index (χ1n) is 8.48. The summed E-state index contributed by atoms with van der Waals surface area (Å²) >= 11 is 1.33. The zero-order valence-electron chi connectivity index (χ0n) is 14.6. The first-order valence-corrected chi connectivity index (χ1v) is 9.36. The zero-order valence-corrected chi connectivity index (χ0v) is 15.4. The van der Waals surface area contributed by atoms with E-state index in [2.05, 4.69) is 20.2 Å². The molecule has 144 valence electrons. The highest BCUT2D eigenvalue weighted by Gasteiger charge is 2.49. The average molecular weight is 405 g/mol. The van der Waals surface area contributed by atoms with E-state index in [1.807, 2.05) is 0 Å². The van der Waals surface area contributed by atoms with Crippen molar-refractivity contribution in [2.45, 2.75) is 32.0 Å². The number of halogens is 3. The van der Waals surface area contributed by atoms with E-state index >= 15 is 0 Å². The highest BCUT2D eigenvalue weighted by atomic mass is 32.1. The summed E-state index contributed by atoms with van der Waals surface area (Å²) in [4.78, 5) is 20.8. The normalized spacial score (nSPS) is 15.4. The van der Waals surface area contributed by atoms with E-state index in [4.69, 9.17) is 6.57 Å². The van der Waals surface area contributed by atoms with E-state index in [0.29, 0.717) is 40.3 Å². The van der Waals surface area contributed by atoms with Gasteiger partial charge in [0.2, 0.25) is 5.69 Å². The Hall–Kier alpha value is -2.93. The predicted octanol–water partition coefficient (Wildman–Crippen LogP) is 4.39. The number of carbonyl (C=O) groups excluding carboxylic acids is 1. The van der Waals surface area contributed by atoms with Crippen molar-refractivity contribution in [3.63, 3.8) is 0 Å². The molecule has 3 aromatic heterocycles. The lowest BCUT2D eigenvalue weighted by molar-refractivity contribution is -0.158. The van der Waals surface area contributed by atoms with Crippen LogP contribution in [0.3, 0.4) is 0 Å². The SMILES string of the molecule is [C-]#[N+]c1ccsc1-c1cc(C)c2ncc(C(=O)N[C@H](C3CC3)C(F)(F)F)n2n1. The number of amides is 1. The summed E-state index contributed by atoms with van der Waals surface area (Å²) in [5.74, 6) is -1.46. The minimum absolute atomic E-state index is 0.0734. The second-order valence-corrected chi connectivity index (χ2v) is 7.58. The molecule has 0 radical (unpaired) electrons. The predicted molar refractivity (Wildman–Crippen MR) is 97.3 cm³/mol. The van der Waals surface area contributed by atoms with Gasteiger partial charge in [-0.1, -0.05) is 0 Å². The molecular weight excluding hydrogens is 391 g/mol. The number of hydrogen-bond donors (Lipinski definition) is 1. The van der Waals surface area contributed by atoms with Gasteiger partial charge in [-0.2, -0.15) is 29.6 Å². The van der Waals surface area contributed by atoms with E-state index < -0.39 is 24.0 Å². The van der Waals surface area contributed by atoms with Gasteiger partial charge < -0.3 is 5.32 Å². The molecule has 1 fully saturated rings. The molecule has 1 aliphatic rings. The van der Waals surface area contributed by atoms with Crippen molar-refractivity contribution in [1.29, 1.82) is 0 Å². The van der Waals surface area contributed by atoms with Crippen LogP contribution in [0, 0.1) is 19.4 Å². The van der Waals surface area contributed by atoms with Gasteiger partial charge in [0, 0.05) is 0 Å². The standard InChI is InChI=1S/C18H14F3N5OS/c1-9-7-12(14-11(22-2)5-6-28-14)25-26-13(8-23-16(9)26)17(27)24-15(10-3-4-10)18(19,20)21/h5-8,10,15H,3-4H2,1H3,(H,24,27)/t15-/m1/s1. The highest BCUT2D eigenvalue weighted by Crippen LogP contribution is 2.40. The first kappa shape index (κ1) is 18.4. The topological polar surface area (TPSA) is 63.7 Å². The average Bonchev–Trinajstić information content (AvgIpc) is 3.18. The third-order valence-electron chi connectivity index (χ3n) is 4.61. The number of hydrogen-bond acceptors (Lipinski definition) is 4. The molecule has 28 heavy (non-hydrogen) atoms. The van der Waals surface area contributed by atoms with Crippen molar-refractivity contribution in [3.8, 4) is 10.6 Å². The van der Waals surface area contributed by atoms with Gasteiger partial charge >= 0.3 is 6.18 Å². The van der Waals surface area contributed by atoms with Gasteiger partial charge in [0.25, 0.3) is 5.91 Å². The molecule has 0 bridgehead atoms. The first-order chi connectivity index (χ1) is 13.3. The van der Waals surface area contributed by atoms with Gasteiger partial charge in [0.1, 0.15) is 6.04 Å². The molecule has 6 nitrogen and oxygen atoms in total. The van der Waals surface area contributed by atoms with Crippen LogP contribution in [0.5, 0.6) is 0 Å². The molecule has 4 rings (SSSR count). The van der Waals surface area contributed by atoms with Crippen LogP contribution in [0.2, 0.25) is 0 Å². The number of fused-ring (bicyclic) bond motifs is 1. The van der Waals surface area contributed by atoms with E-state index in [1.165, 1.54) is 22.0 Å². The fourth-order valence-corrected chi connectivity index (χ4v) is 3.87. The van der Waals surface area contributed by atoms with Gasteiger partial charge in [0.05, 0.1) is 23.3 Å². The Morgan fingerprint density at radius 3 is 2.86 bits per heavy atom. The second-order valence-electron chi connectivity index (χ2n) is 6.67. The highest BCUT2D eigenvalue weighted by molar-refractivity contribution is 7.14. The Morgan fingerprint density at radius 2 is 2.21 bits per heavy atom. The van der Waals surface area contributed by atoms with Crippen LogP contribution in [0.25, 0.3) is 21.1 Å². The summed E-state index contributed by atoms with van der Waals surface area (Å²) in [6.07, 6.45) is -2.40. The molecule has 3 aromatic rings. The van der Waals surface area contributed by atoms with E-state index in [1.54, 1.807) is 24.4 Å². The van der Waals surface area contributed by atoms with Crippen molar-refractivity contribution in [2.24, 2.45) is 5.92 Å². The molecular formula is C18H14F3N5OS. The van der Waals surface area contributed by atoms with Gasteiger partial charge in [-0.25, -0.2) is 14.3 Å². The third kappa shape index (κ3) is 3.22. The van der Waals surface area contributed by atoms with Crippen molar-refractivity contribution in [2.75, 3.05) is 0 Å². The molecule has 0 spiro atoms. The number of carbonyl (C=O) groups is 1. The summed E-state index contributed by atoms with van der Waals surface area (Å²) in [6, 6.07) is 1.54. The lowest BCUT2D eigenvalue weighted by atomic mass is 10.1. The lowest BCUT2D eigenvalue weighted by Gasteiger charge is -2.21. The van der Waals surface area contributed by atoms with Crippen molar-refractivity contribution >= 4 is 28.6 Å². The molecule has 1 amide bonds. The maximum Gasteiger partial charge on any atom is 0.408 e. The Labute approximate surface area is 161 Å². The Kier molecular flexibility index (Phi) is 4.34. The molecule has 1 saturated carbocycles. The Bertz CT molecular complexity index is 1110. The minimum Gasteiger partial charge on any atom is -0.339 e. The molecule has 1 aliphatic carbocycles. The fourth-order valence-electron chi connectivity index (χ4n) is 3.08. The van der Waals surface area contributed by atoms with Gasteiger partial charge in [-0.15, -0.1) is 0 Å². The minimum atomic E-state index is -4.51. The number of nitrogens with one attached hydrogen (secondary N) is 1. The summed E-state index contributed by atoms with van der Waals surface area (Å²) in [6.45, 7) is 9.01. The van der Waals surface area contributed by atoms with Crippen LogP contribution < -0.4 is 5.32 Å². The van der Waals surface area contributed by atoms with Crippen molar-refractivity contribution < 1.29 is 18.0 Å². The number of aryl methyl sites for hydroxylation is 1. The molecule has 0 aliphatic heterocycles. The van der Waals surface area contributed by atoms with Crippen LogP contribution in [0.4, 0.5) is 18.9 Å². The van der Waals surface area contributed by atoms with Crippen LogP contribution in [0.15, 0.2) is 23.7 Å². The number of alkyl halides is 3. The van der Waals surface area contributed by atoms with Gasteiger partial charge in [-0.05, 0) is 48.8 Å². The van der Waals surface area contributed by atoms with E-state index in [-0.39, 0.29) is 5.69 Å². The monoisotopic (exact) mass is 405 g/mol. The summed E-state index contributed by atoms with van der Waals surface area (Å²) in [5, 5.41) is 8.24. The largest absolute Gasteiger partial charge is 0.408 e. The van der Waals surface area contributed by atoms with E-state index in [9.17, 15) is 18.0 Å². The van der Waals surface area contributed by atoms with Crippen LogP contribution >= 0.6 is 11.3 Å². The van der Waals surface area contributed by atoms with Crippen LogP contribution in [0.1, 0.15) is 28.9 Å². The van der Waals surface area contributed by atoms with Crippen LogP contribution in [-0.2, 0) is 0 Å². The molecule has 0 saturated heterocycles. The molecule has 10 heteroatoms. The maximum atomic E-state index is 13.2. The maximum absolute atomic E-state index is 13.2. The Balaban J connectivity index is 1.74. The number of rotatable bonds is 4. The third-order valence-corrected chi connectivity index (χ3v) is 5.54. The lowest BCUT2D eigenvalue weighted by Crippen LogP contribution is -2.47. The number of nitrogens with zero attached hydrogens (tertiary/aromatic N) is 4. The molecule has 1 N–H and O–H groups in total. The van der Waals surface area contributed by atoms with Crippen molar-refractivity contribution in [1.82, 2.24) is 19.9 Å². The zero-order chi connectivity index (χ0) is 20.1. The van der Waals surface area contributed by atoms with Crippen LogP contribution in [-0.4, -0.2) is 32.7 Å². The molecule has 1 atom stereocenters. The van der Waals surface area contributed by atoms with E-state index in [0.717, 1.165) is 0 Å². The summed E-state index contributed by atoms with van der Waals surface area (Å²) in [5.41, 5.74) is 1.89. The second kappa shape index (κ2) is 6.60. The number of aromatic nitrogens is 3. The molecule has 3 heterocycles. The Morgan fingerprint density at radius 1 is 1.46 bits per heavy atom. The summed E-state index contributed by atoms with van der Waals surface area (Å²) in [7, 11) is 0.